The monoisotopic (exact) mass is 450 g/mol. The number of nitrogens with two attached hydrogens (primary N) is 2. The fourth-order valence-electron chi connectivity index (χ4n) is 5.34. The summed E-state index contributed by atoms with van der Waals surface area (Å²) in [7, 11) is 0. The average Bonchev–Trinajstić information content (AvgIpc) is 3.19. The molecule has 0 aliphatic heterocycles. The van der Waals surface area contributed by atoms with Crippen LogP contribution in [0.15, 0.2) is 66.9 Å². The van der Waals surface area contributed by atoms with Crippen molar-refractivity contribution in [3.05, 3.63) is 78.1 Å². The second kappa shape index (κ2) is 7.09. The van der Waals surface area contributed by atoms with Crippen molar-refractivity contribution in [2.24, 2.45) is 5.73 Å². The van der Waals surface area contributed by atoms with Crippen LogP contribution in [-0.4, -0.2) is 30.3 Å². The van der Waals surface area contributed by atoms with Crippen molar-refractivity contribution >= 4 is 22.4 Å². The second-order valence-electron chi connectivity index (χ2n) is 9.75. The highest BCUT2D eigenvalue weighted by Crippen LogP contribution is 2.47. The smallest absolute Gasteiger partial charge is 0.167 e. The number of pyridine rings is 1. The van der Waals surface area contributed by atoms with E-state index < -0.39 is 11.1 Å². The highest BCUT2D eigenvalue weighted by molar-refractivity contribution is 6.02. The summed E-state index contributed by atoms with van der Waals surface area (Å²) in [6, 6.07) is 20.1. The summed E-state index contributed by atoms with van der Waals surface area (Å²) in [6.45, 7) is 3.76. The van der Waals surface area contributed by atoms with Crippen LogP contribution in [0.4, 0.5) is 5.69 Å². The Kier molecular flexibility index (Phi) is 4.33. The number of hydrogen-bond acceptors (Lipinski definition) is 6. The summed E-state index contributed by atoms with van der Waals surface area (Å²) in [5.74, 6) is 0. The summed E-state index contributed by atoms with van der Waals surface area (Å²) in [5.41, 5.74) is 19.5. The first-order valence-corrected chi connectivity index (χ1v) is 11.4. The number of fused-ring (bicyclic) bond motifs is 3. The van der Waals surface area contributed by atoms with Crippen LogP contribution in [0.25, 0.3) is 39.1 Å². The second-order valence-corrected chi connectivity index (χ2v) is 9.75. The summed E-state index contributed by atoms with van der Waals surface area (Å²) in [6.07, 6.45) is 2.85. The third kappa shape index (κ3) is 3.16. The first kappa shape index (κ1) is 20.8. The van der Waals surface area contributed by atoms with Gasteiger partial charge in [0.15, 0.2) is 11.3 Å². The van der Waals surface area contributed by atoms with Crippen LogP contribution in [0.5, 0.6) is 0 Å². The standard InChI is InChI=1S/C27H26N6O/c1-16-12-21-30-13-20-23(28)22(17-6-4-3-5-7-17)24(31-25(20)33(21)32-16)18-8-10-19(11-9-18)27(29)14-26(2,34)15-27/h3-13,34H,14-15,29H2,1-2H3,(H2,28,31)/t26-,27+. The van der Waals surface area contributed by atoms with E-state index in [1.807, 2.05) is 74.5 Å². The molecule has 170 valence electrons. The maximum atomic E-state index is 10.2. The molecular weight excluding hydrogens is 424 g/mol. The molecule has 5 N–H and O–H groups in total. The molecule has 1 aliphatic carbocycles. The Morgan fingerprint density at radius 3 is 2.38 bits per heavy atom. The molecule has 0 radical (unpaired) electrons. The molecule has 0 saturated heterocycles. The summed E-state index contributed by atoms with van der Waals surface area (Å²) in [5, 5.41) is 15.6. The van der Waals surface area contributed by atoms with Gasteiger partial charge in [0.1, 0.15) is 0 Å². The molecule has 0 amide bonds. The van der Waals surface area contributed by atoms with Gasteiger partial charge in [-0.2, -0.15) is 9.61 Å². The van der Waals surface area contributed by atoms with Gasteiger partial charge in [-0.25, -0.2) is 9.97 Å². The van der Waals surface area contributed by atoms with Gasteiger partial charge in [0, 0.05) is 28.9 Å². The Labute approximate surface area is 197 Å². The van der Waals surface area contributed by atoms with E-state index in [1.54, 1.807) is 10.7 Å². The van der Waals surface area contributed by atoms with Crippen LogP contribution in [0.1, 0.15) is 31.0 Å². The molecule has 7 nitrogen and oxygen atoms in total. The molecule has 3 aromatic heterocycles. The average molecular weight is 451 g/mol. The molecule has 34 heavy (non-hydrogen) atoms. The van der Waals surface area contributed by atoms with Gasteiger partial charge in [-0.05, 0) is 37.8 Å². The Morgan fingerprint density at radius 2 is 1.71 bits per heavy atom. The molecule has 0 atom stereocenters. The van der Waals surface area contributed by atoms with Gasteiger partial charge < -0.3 is 16.6 Å². The van der Waals surface area contributed by atoms with Crippen molar-refractivity contribution in [2.45, 2.75) is 37.8 Å². The van der Waals surface area contributed by atoms with E-state index in [-0.39, 0.29) is 0 Å². The third-order valence-corrected chi connectivity index (χ3v) is 6.78. The molecule has 6 rings (SSSR count). The summed E-state index contributed by atoms with van der Waals surface area (Å²) < 4.78 is 1.75. The van der Waals surface area contributed by atoms with Crippen LogP contribution in [-0.2, 0) is 5.54 Å². The van der Waals surface area contributed by atoms with E-state index in [4.69, 9.17) is 16.5 Å². The minimum Gasteiger partial charge on any atom is -0.398 e. The van der Waals surface area contributed by atoms with Crippen molar-refractivity contribution in [3.63, 3.8) is 0 Å². The van der Waals surface area contributed by atoms with Crippen LogP contribution in [0.2, 0.25) is 0 Å². The molecular formula is C27H26N6O. The van der Waals surface area contributed by atoms with E-state index in [9.17, 15) is 5.11 Å². The Morgan fingerprint density at radius 1 is 1.00 bits per heavy atom. The molecule has 0 spiro atoms. The van der Waals surface area contributed by atoms with Gasteiger partial charge in [0.05, 0.1) is 28.1 Å². The minimum atomic E-state index is -0.705. The van der Waals surface area contributed by atoms with Crippen molar-refractivity contribution in [2.75, 3.05) is 5.73 Å². The molecule has 1 aliphatic rings. The first-order valence-electron chi connectivity index (χ1n) is 11.4. The first-order chi connectivity index (χ1) is 16.2. The van der Waals surface area contributed by atoms with Gasteiger partial charge in [0.25, 0.3) is 0 Å². The highest BCUT2D eigenvalue weighted by Gasteiger charge is 2.49. The van der Waals surface area contributed by atoms with Crippen LogP contribution < -0.4 is 11.5 Å². The summed E-state index contributed by atoms with van der Waals surface area (Å²) in [4.78, 5) is 9.62. The number of benzene rings is 2. The normalized spacial score (nSPS) is 22.2. The fraction of sp³-hybridized carbons (Fsp3) is 0.222. The van der Waals surface area contributed by atoms with Crippen molar-refractivity contribution < 1.29 is 5.11 Å². The predicted octanol–water partition coefficient (Wildman–Crippen LogP) is 4.20. The summed E-state index contributed by atoms with van der Waals surface area (Å²) >= 11 is 0. The molecule has 3 heterocycles. The van der Waals surface area contributed by atoms with Crippen LogP contribution in [0.3, 0.4) is 0 Å². The Bertz CT molecular complexity index is 1550. The van der Waals surface area contributed by atoms with Gasteiger partial charge in [-0.15, -0.1) is 0 Å². The molecule has 1 fully saturated rings. The van der Waals surface area contributed by atoms with Crippen LogP contribution in [0, 0.1) is 6.92 Å². The number of rotatable bonds is 3. The van der Waals surface area contributed by atoms with Crippen molar-refractivity contribution in [1.82, 2.24) is 19.6 Å². The quantitative estimate of drug-likeness (QED) is 0.379. The number of nitrogen functional groups attached to an aromatic ring is 1. The maximum absolute atomic E-state index is 10.2. The lowest BCUT2D eigenvalue weighted by Gasteiger charge is -2.49. The largest absolute Gasteiger partial charge is 0.398 e. The van der Waals surface area contributed by atoms with Gasteiger partial charge in [-0.1, -0.05) is 54.6 Å². The molecule has 1 saturated carbocycles. The van der Waals surface area contributed by atoms with Gasteiger partial charge >= 0.3 is 0 Å². The SMILES string of the molecule is Cc1cc2ncc3c(N)c(-c4ccccc4)c(-c4ccc([C@]5(N)C[C@@](C)(O)C5)cc4)nc3n2n1. The lowest BCUT2D eigenvalue weighted by Crippen LogP contribution is -2.58. The van der Waals surface area contributed by atoms with E-state index >= 15 is 0 Å². The number of aryl methyl sites for hydroxylation is 1. The van der Waals surface area contributed by atoms with E-state index in [0.717, 1.165) is 44.7 Å². The molecule has 0 unspecified atom stereocenters. The Balaban J connectivity index is 1.57. The zero-order valence-electron chi connectivity index (χ0n) is 19.2. The maximum Gasteiger partial charge on any atom is 0.167 e. The number of hydrogen-bond donors (Lipinski definition) is 3. The Hall–Kier alpha value is -3.81. The van der Waals surface area contributed by atoms with Gasteiger partial charge in [0.2, 0.25) is 0 Å². The van der Waals surface area contributed by atoms with E-state index in [1.165, 1.54) is 0 Å². The van der Waals surface area contributed by atoms with E-state index in [0.29, 0.717) is 24.2 Å². The number of aliphatic hydroxyl groups is 1. The molecule has 7 heteroatoms. The lowest BCUT2D eigenvalue weighted by molar-refractivity contribution is -0.0738. The highest BCUT2D eigenvalue weighted by atomic mass is 16.3. The minimum absolute atomic E-state index is 0.509. The van der Waals surface area contributed by atoms with E-state index in [2.05, 4.69) is 10.1 Å². The number of nitrogens with zero attached hydrogens (tertiary/aromatic N) is 4. The van der Waals surface area contributed by atoms with Crippen molar-refractivity contribution in [1.29, 1.82) is 0 Å². The topological polar surface area (TPSA) is 115 Å². The number of aromatic nitrogens is 4. The molecule has 5 aromatic rings. The zero-order valence-corrected chi connectivity index (χ0v) is 19.2. The number of anilines is 1. The zero-order chi connectivity index (χ0) is 23.7. The predicted molar refractivity (Wildman–Crippen MR) is 134 cm³/mol. The molecule has 2 aromatic carbocycles. The third-order valence-electron chi connectivity index (χ3n) is 6.78. The lowest BCUT2D eigenvalue weighted by atomic mass is 9.63. The van der Waals surface area contributed by atoms with Crippen molar-refractivity contribution in [3.8, 4) is 22.4 Å². The molecule has 0 bridgehead atoms. The van der Waals surface area contributed by atoms with Gasteiger partial charge in [-0.3, -0.25) is 0 Å². The fourth-order valence-corrected chi connectivity index (χ4v) is 5.34. The van der Waals surface area contributed by atoms with Crippen LogP contribution >= 0.6 is 0 Å².